The molecular formula is C12H25K2NaO4S. The molecule has 106 valence electrons. The Morgan fingerprint density at radius 3 is 1.25 bits per heavy atom. The van der Waals surface area contributed by atoms with Crippen LogP contribution in [-0.2, 0) is 10.4 Å². The maximum atomic E-state index is 8.52. The first kappa shape index (κ1) is 31.9. The minimum absolute atomic E-state index is 0. The van der Waals surface area contributed by atoms with Gasteiger partial charge in [0, 0.05) is 10.4 Å². The molecule has 20 heavy (non-hydrogen) atoms. The second-order valence-corrected chi connectivity index (χ2v) is 6.41. The third-order valence-electron chi connectivity index (χ3n) is 2.71. The smallest absolute Gasteiger partial charge is 0.759 e. The van der Waals surface area contributed by atoms with Crippen LogP contribution in [0.15, 0.2) is 0 Å². The van der Waals surface area contributed by atoms with Crippen LogP contribution in [-0.4, -0.2) is 45.5 Å². The summed E-state index contributed by atoms with van der Waals surface area (Å²) in [5.74, 6) is 0. The van der Waals surface area contributed by atoms with Crippen LogP contribution < -0.4 is 103 Å². The van der Waals surface area contributed by atoms with E-state index in [0.717, 1.165) is 0 Å². The number of rotatable bonds is 10. The van der Waals surface area contributed by atoms with Crippen molar-refractivity contribution in [2.75, 3.05) is 0 Å². The molecule has 0 heterocycles. The van der Waals surface area contributed by atoms with Gasteiger partial charge in [0.25, 0.3) is 0 Å². The van der Waals surface area contributed by atoms with Crippen molar-refractivity contribution in [3.63, 3.8) is 0 Å². The SMILES string of the molecule is CCCCCCCCCCC[CH2][Na].O=S(=O)([O-])[O-].[K+].[K+]. The van der Waals surface area contributed by atoms with Gasteiger partial charge in [-0.1, -0.05) is 0 Å². The van der Waals surface area contributed by atoms with Gasteiger partial charge in [-0.25, -0.2) is 0 Å². The second kappa shape index (κ2) is 25.4. The minimum atomic E-state index is -5.17. The Labute approximate surface area is 228 Å². The Kier molecular flexibility index (Phi) is 40.4. The fraction of sp³-hybridized carbons (Fsp3) is 1.00. The van der Waals surface area contributed by atoms with E-state index in [4.69, 9.17) is 17.5 Å². The first-order valence-corrected chi connectivity index (χ1v) is 9.83. The zero-order valence-corrected chi connectivity index (χ0v) is 22.9. The van der Waals surface area contributed by atoms with Gasteiger partial charge >= 0.3 is 206 Å². The van der Waals surface area contributed by atoms with Crippen LogP contribution in [0.3, 0.4) is 0 Å². The largest absolute Gasteiger partial charge is 1.00 e. The Hall–Kier alpha value is 4.14. The van der Waals surface area contributed by atoms with Crippen LogP contribution in [0.1, 0.15) is 71.1 Å². The van der Waals surface area contributed by atoms with Gasteiger partial charge in [-0.15, -0.1) is 0 Å². The van der Waals surface area contributed by atoms with E-state index in [9.17, 15) is 0 Å². The summed E-state index contributed by atoms with van der Waals surface area (Å²) in [6, 6.07) is 0. The van der Waals surface area contributed by atoms with Crippen molar-refractivity contribution in [1.82, 2.24) is 0 Å². The van der Waals surface area contributed by atoms with Gasteiger partial charge in [-0.3, -0.25) is 8.42 Å². The fourth-order valence-electron chi connectivity index (χ4n) is 1.74. The average Bonchev–Trinajstić information content (AvgIpc) is 2.25. The summed E-state index contributed by atoms with van der Waals surface area (Å²) >= 11 is 1.41. The zero-order valence-electron chi connectivity index (χ0n) is 13.8. The third kappa shape index (κ3) is 49.5. The summed E-state index contributed by atoms with van der Waals surface area (Å²) in [6.45, 7) is 2.29. The van der Waals surface area contributed by atoms with Crippen molar-refractivity contribution in [1.29, 1.82) is 0 Å². The van der Waals surface area contributed by atoms with E-state index in [-0.39, 0.29) is 103 Å². The van der Waals surface area contributed by atoms with Crippen molar-refractivity contribution in [3.05, 3.63) is 0 Å². The van der Waals surface area contributed by atoms with Crippen LogP contribution in [0, 0.1) is 0 Å². The summed E-state index contributed by atoms with van der Waals surface area (Å²) in [4.78, 5) is 0. The molecule has 0 radical (unpaired) electrons. The molecule has 0 spiro atoms. The Bertz CT molecular complexity index is 234. The molecule has 0 fully saturated rings. The quantitative estimate of drug-likeness (QED) is 0.181. The first-order valence-electron chi connectivity index (χ1n) is 7.08. The van der Waals surface area contributed by atoms with E-state index in [1.54, 1.807) is 0 Å². The summed E-state index contributed by atoms with van der Waals surface area (Å²) in [6.07, 6.45) is 14.7. The molecule has 0 amide bonds. The molecule has 0 saturated heterocycles. The van der Waals surface area contributed by atoms with Crippen LogP contribution in [0.2, 0.25) is 3.67 Å². The molecule has 4 nitrogen and oxygen atoms in total. The number of hydrogen-bond donors (Lipinski definition) is 0. The van der Waals surface area contributed by atoms with E-state index in [1.165, 1.54) is 95.8 Å². The van der Waals surface area contributed by atoms with Gasteiger partial charge in [0.15, 0.2) is 0 Å². The zero-order chi connectivity index (χ0) is 14.3. The second-order valence-electron chi connectivity index (χ2n) is 4.59. The first-order chi connectivity index (χ1) is 8.41. The predicted octanol–water partition coefficient (Wildman–Crippen LogP) is -2.84. The summed E-state index contributed by atoms with van der Waals surface area (Å²) in [5, 5.41) is 0. The molecule has 0 N–H and O–H groups in total. The Morgan fingerprint density at radius 1 is 0.750 bits per heavy atom. The molecule has 0 aliphatic heterocycles. The monoisotopic (exact) mass is 366 g/mol. The molecule has 0 aromatic rings. The maximum absolute atomic E-state index is 8.52. The molecule has 0 aromatic carbocycles. The van der Waals surface area contributed by atoms with Crippen molar-refractivity contribution < 1.29 is 120 Å². The minimum Gasteiger partial charge on any atom is -0.759 e. The van der Waals surface area contributed by atoms with Crippen LogP contribution in [0.5, 0.6) is 0 Å². The van der Waals surface area contributed by atoms with Crippen molar-refractivity contribution in [2.45, 2.75) is 74.8 Å². The standard InChI is InChI=1S/C12H25.2K.Na.H2O4S/c1-3-5-7-9-11-12-10-8-6-4-2;;;;1-5(2,3)4/h1,3-12H2,2H3;;;;(H2,1,2,3,4)/q;2*+1;;/p-2. The molecule has 0 aliphatic carbocycles. The fourth-order valence-corrected chi connectivity index (χ4v) is 2.24. The molecule has 0 bridgehead atoms. The van der Waals surface area contributed by atoms with Gasteiger partial charge < -0.3 is 9.11 Å². The molecule has 0 unspecified atom stereocenters. The van der Waals surface area contributed by atoms with E-state index in [0.29, 0.717) is 0 Å². The van der Waals surface area contributed by atoms with E-state index in [1.807, 2.05) is 0 Å². The average molecular weight is 367 g/mol. The predicted molar refractivity (Wildman–Crippen MR) is 72.9 cm³/mol. The normalized spacial score (nSPS) is 9.85. The van der Waals surface area contributed by atoms with Gasteiger partial charge in [-0.05, 0) is 0 Å². The van der Waals surface area contributed by atoms with Crippen molar-refractivity contribution in [2.24, 2.45) is 0 Å². The molecule has 0 saturated carbocycles. The maximum Gasteiger partial charge on any atom is 1.00 e. The number of unbranched alkanes of at least 4 members (excludes halogenated alkanes) is 9. The van der Waals surface area contributed by atoms with E-state index >= 15 is 0 Å². The van der Waals surface area contributed by atoms with Crippen molar-refractivity contribution in [3.8, 4) is 0 Å². The Balaban J connectivity index is -0.000000158. The van der Waals surface area contributed by atoms with Gasteiger partial charge in [0.05, 0.1) is 0 Å². The van der Waals surface area contributed by atoms with E-state index in [2.05, 4.69) is 6.92 Å². The van der Waals surface area contributed by atoms with Crippen LogP contribution in [0.25, 0.3) is 0 Å². The molecule has 0 aromatic heterocycles. The third-order valence-corrected chi connectivity index (χ3v) is 3.41. The van der Waals surface area contributed by atoms with Gasteiger partial charge in [-0.2, -0.15) is 0 Å². The summed E-state index contributed by atoms with van der Waals surface area (Å²) in [7, 11) is -5.17. The van der Waals surface area contributed by atoms with Crippen molar-refractivity contribution >= 4 is 38.3 Å². The molecule has 8 heteroatoms. The van der Waals surface area contributed by atoms with Crippen LogP contribution in [0.4, 0.5) is 0 Å². The van der Waals surface area contributed by atoms with Gasteiger partial charge in [0.1, 0.15) is 0 Å². The summed E-state index contributed by atoms with van der Waals surface area (Å²) < 4.78 is 35.6. The van der Waals surface area contributed by atoms with Crippen LogP contribution >= 0.6 is 0 Å². The molecular weight excluding hydrogens is 341 g/mol. The topological polar surface area (TPSA) is 80.3 Å². The Morgan fingerprint density at radius 2 is 1.00 bits per heavy atom. The van der Waals surface area contributed by atoms with E-state index < -0.39 is 10.4 Å². The van der Waals surface area contributed by atoms with Gasteiger partial charge in [0.2, 0.25) is 0 Å². The number of hydrogen-bond acceptors (Lipinski definition) is 4. The molecule has 0 rings (SSSR count). The summed E-state index contributed by atoms with van der Waals surface area (Å²) in [5.41, 5.74) is 0. The molecule has 0 atom stereocenters. The molecule has 0 aliphatic rings.